The number of fused-ring (bicyclic) bond motifs is 1. The number of nitrogens with zero attached hydrogens (tertiary/aromatic N) is 1. The van der Waals surface area contributed by atoms with Crippen LogP contribution in [0.2, 0.25) is 0 Å². The molecule has 0 amide bonds. The molecule has 0 aliphatic rings. The second kappa shape index (κ2) is 5.33. The van der Waals surface area contributed by atoms with E-state index in [-0.39, 0.29) is 5.56 Å². The number of aromatic carboxylic acids is 1. The molecule has 1 heterocycles. The summed E-state index contributed by atoms with van der Waals surface area (Å²) in [5.74, 6) is -1.09. The van der Waals surface area contributed by atoms with Crippen LogP contribution in [-0.4, -0.2) is 29.1 Å². The summed E-state index contributed by atoms with van der Waals surface area (Å²) in [7, 11) is 1.32. The number of hydrogen-bond donors (Lipinski definition) is 1. The molecule has 6 heteroatoms. The van der Waals surface area contributed by atoms with E-state index < -0.39 is 11.9 Å². The summed E-state index contributed by atoms with van der Waals surface area (Å²) in [4.78, 5) is 26.6. The molecule has 0 spiro atoms. The Bertz CT molecular complexity index is 864. The molecule has 3 rings (SSSR count). The van der Waals surface area contributed by atoms with Gasteiger partial charge in [-0.3, -0.25) is 0 Å². The van der Waals surface area contributed by atoms with Gasteiger partial charge in [-0.25, -0.2) is 14.6 Å². The number of methoxy groups -OCH3 is 1. The van der Waals surface area contributed by atoms with Crippen LogP contribution in [-0.2, 0) is 4.74 Å². The molecule has 22 heavy (non-hydrogen) atoms. The van der Waals surface area contributed by atoms with Crippen LogP contribution in [0.25, 0.3) is 22.6 Å². The summed E-state index contributed by atoms with van der Waals surface area (Å²) in [6.07, 6.45) is 0. The Balaban J connectivity index is 1.99. The minimum absolute atomic E-state index is 0.147. The van der Waals surface area contributed by atoms with Crippen molar-refractivity contribution in [3.63, 3.8) is 0 Å². The summed E-state index contributed by atoms with van der Waals surface area (Å²) in [6, 6.07) is 11.1. The van der Waals surface area contributed by atoms with Crippen LogP contribution in [0.15, 0.2) is 46.9 Å². The van der Waals surface area contributed by atoms with Crippen molar-refractivity contribution < 1.29 is 23.8 Å². The highest BCUT2D eigenvalue weighted by Crippen LogP contribution is 2.25. The molecule has 1 N–H and O–H groups in total. The second-order valence-electron chi connectivity index (χ2n) is 4.58. The Hall–Kier alpha value is -3.15. The van der Waals surface area contributed by atoms with Crippen LogP contribution < -0.4 is 0 Å². The van der Waals surface area contributed by atoms with E-state index in [0.717, 1.165) is 0 Å². The van der Waals surface area contributed by atoms with Crippen LogP contribution in [0.3, 0.4) is 0 Å². The first-order chi connectivity index (χ1) is 10.6. The Morgan fingerprint density at radius 1 is 1.09 bits per heavy atom. The SMILES string of the molecule is COC(=O)c1ccc(-c2nc3cc(C(=O)O)ccc3o2)cc1. The van der Waals surface area contributed by atoms with E-state index in [0.29, 0.717) is 28.1 Å². The Morgan fingerprint density at radius 3 is 2.41 bits per heavy atom. The highest BCUT2D eigenvalue weighted by Gasteiger charge is 2.12. The predicted molar refractivity (Wildman–Crippen MR) is 77.7 cm³/mol. The number of ether oxygens (including phenoxy) is 1. The highest BCUT2D eigenvalue weighted by molar-refractivity contribution is 5.92. The molecule has 0 aliphatic carbocycles. The van der Waals surface area contributed by atoms with Crippen LogP contribution in [0.1, 0.15) is 20.7 Å². The van der Waals surface area contributed by atoms with Gasteiger partial charge in [0.25, 0.3) is 0 Å². The lowest BCUT2D eigenvalue weighted by Gasteiger charge is -1.99. The average Bonchev–Trinajstić information content (AvgIpc) is 2.97. The van der Waals surface area contributed by atoms with E-state index in [4.69, 9.17) is 9.52 Å². The van der Waals surface area contributed by atoms with Gasteiger partial charge in [0.1, 0.15) is 5.52 Å². The smallest absolute Gasteiger partial charge is 0.337 e. The number of esters is 1. The fourth-order valence-corrected chi connectivity index (χ4v) is 2.05. The summed E-state index contributed by atoms with van der Waals surface area (Å²) < 4.78 is 10.2. The van der Waals surface area contributed by atoms with Crippen LogP contribution in [0, 0.1) is 0 Å². The van der Waals surface area contributed by atoms with Crippen molar-refractivity contribution in [1.29, 1.82) is 0 Å². The maximum Gasteiger partial charge on any atom is 0.337 e. The number of benzene rings is 2. The third-order valence-corrected chi connectivity index (χ3v) is 3.19. The zero-order chi connectivity index (χ0) is 15.7. The molecule has 0 radical (unpaired) electrons. The standard InChI is InChI=1S/C16H11NO5/c1-21-16(20)10-4-2-9(3-5-10)14-17-12-8-11(15(18)19)6-7-13(12)22-14/h2-8H,1H3,(H,18,19). The lowest BCUT2D eigenvalue weighted by atomic mass is 10.1. The first-order valence-electron chi connectivity index (χ1n) is 6.41. The second-order valence-corrected chi connectivity index (χ2v) is 4.58. The van der Waals surface area contributed by atoms with Gasteiger partial charge in [-0.05, 0) is 42.5 Å². The molecule has 0 aliphatic heterocycles. The third kappa shape index (κ3) is 2.42. The van der Waals surface area contributed by atoms with Gasteiger partial charge in [0.05, 0.1) is 18.2 Å². The average molecular weight is 297 g/mol. The lowest BCUT2D eigenvalue weighted by Crippen LogP contribution is -2.00. The van der Waals surface area contributed by atoms with Crippen molar-refractivity contribution >= 4 is 23.0 Å². The molecule has 110 valence electrons. The normalized spacial score (nSPS) is 10.6. The topological polar surface area (TPSA) is 89.6 Å². The minimum atomic E-state index is -1.02. The van der Waals surface area contributed by atoms with E-state index in [2.05, 4.69) is 9.72 Å². The van der Waals surface area contributed by atoms with Crippen molar-refractivity contribution in [2.45, 2.75) is 0 Å². The number of carbonyl (C=O) groups excluding carboxylic acids is 1. The van der Waals surface area contributed by atoms with Gasteiger partial charge >= 0.3 is 11.9 Å². The van der Waals surface area contributed by atoms with E-state index in [1.165, 1.54) is 19.2 Å². The molecule has 0 fully saturated rings. The molecule has 6 nitrogen and oxygen atoms in total. The number of oxazole rings is 1. The van der Waals surface area contributed by atoms with Crippen LogP contribution in [0.4, 0.5) is 0 Å². The molecule has 0 saturated carbocycles. The van der Waals surface area contributed by atoms with Gasteiger partial charge in [-0.2, -0.15) is 0 Å². The monoisotopic (exact) mass is 297 g/mol. The van der Waals surface area contributed by atoms with Crippen molar-refractivity contribution in [2.75, 3.05) is 7.11 Å². The van der Waals surface area contributed by atoms with E-state index in [1.807, 2.05) is 0 Å². The molecule has 1 aromatic heterocycles. The van der Waals surface area contributed by atoms with Crippen molar-refractivity contribution in [1.82, 2.24) is 4.98 Å². The zero-order valence-corrected chi connectivity index (χ0v) is 11.6. The molecular weight excluding hydrogens is 286 g/mol. The molecule has 0 unspecified atom stereocenters. The van der Waals surface area contributed by atoms with Crippen molar-refractivity contribution in [3.05, 3.63) is 53.6 Å². The Labute approximate surface area is 125 Å². The number of hydrogen-bond acceptors (Lipinski definition) is 5. The molecular formula is C16H11NO5. The molecule has 0 saturated heterocycles. The molecule has 3 aromatic rings. The van der Waals surface area contributed by atoms with E-state index >= 15 is 0 Å². The van der Waals surface area contributed by atoms with Gasteiger partial charge in [0.15, 0.2) is 5.58 Å². The largest absolute Gasteiger partial charge is 0.478 e. The van der Waals surface area contributed by atoms with Crippen LogP contribution in [0.5, 0.6) is 0 Å². The Morgan fingerprint density at radius 2 is 1.77 bits per heavy atom. The summed E-state index contributed by atoms with van der Waals surface area (Å²) in [6.45, 7) is 0. The molecule has 0 atom stereocenters. The van der Waals surface area contributed by atoms with Crippen LogP contribution >= 0.6 is 0 Å². The lowest BCUT2D eigenvalue weighted by molar-refractivity contribution is 0.0600. The Kier molecular flexibility index (Phi) is 3.34. The van der Waals surface area contributed by atoms with Gasteiger partial charge in [0, 0.05) is 5.56 Å². The maximum absolute atomic E-state index is 11.4. The summed E-state index contributed by atoms with van der Waals surface area (Å²) >= 11 is 0. The predicted octanol–water partition coefficient (Wildman–Crippen LogP) is 2.98. The summed E-state index contributed by atoms with van der Waals surface area (Å²) in [5, 5.41) is 8.97. The number of carbonyl (C=O) groups is 2. The first-order valence-corrected chi connectivity index (χ1v) is 6.41. The van der Waals surface area contributed by atoms with Gasteiger partial charge < -0.3 is 14.3 Å². The van der Waals surface area contributed by atoms with E-state index in [9.17, 15) is 9.59 Å². The fraction of sp³-hybridized carbons (Fsp3) is 0.0625. The third-order valence-electron chi connectivity index (χ3n) is 3.19. The first kappa shape index (κ1) is 13.8. The zero-order valence-electron chi connectivity index (χ0n) is 11.6. The highest BCUT2D eigenvalue weighted by atomic mass is 16.5. The van der Waals surface area contributed by atoms with Crippen molar-refractivity contribution in [2.24, 2.45) is 0 Å². The number of aromatic nitrogens is 1. The fourth-order valence-electron chi connectivity index (χ4n) is 2.05. The molecule has 2 aromatic carbocycles. The quantitative estimate of drug-likeness (QED) is 0.747. The van der Waals surface area contributed by atoms with Gasteiger partial charge in [0.2, 0.25) is 5.89 Å². The number of carboxylic acid groups (broad SMARTS) is 1. The minimum Gasteiger partial charge on any atom is -0.478 e. The number of rotatable bonds is 3. The van der Waals surface area contributed by atoms with Crippen molar-refractivity contribution in [3.8, 4) is 11.5 Å². The van der Waals surface area contributed by atoms with Gasteiger partial charge in [-0.1, -0.05) is 0 Å². The maximum atomic E-state index is 11.4. The summed E-state index contributed by atoms with van der Waals surface area (Å²) in [5.41, 5.74) is 2.22. The molecule has 0 bridgehead atoms. The number of carboxylic acids is 1. The van der Waals surface area contributed by atoms with E-state index in [1.54, 1.807) is 30.3 Å². The van der Waals surface area contributed by atoms with Gasteiger partial charge in [-0.15, -0.1) is 0 Å².